The molecule has 4 heteroatoms. The number of nitrogens with one attached hydrogen (secondary N) is 1. The number of amides is 1. The Bertz CT molecular complexity index is 1120. The molecule has 0 radical (unpaired) electrons. The van der Waals surface area contributed by atoms with Gasteiger partial charge in [-0.3, -0.25) is 9.59 Å². The van der Waals surface area contributed by atoms with Crippen molar-refractivity contribution in [1.82, 2.24) is 9.88 Å². The molecule has 1 aliphatic heterocycles. The maximum absolute atomic E-state index is 12.0. The average molecular weight is 461 g/mol. The van der Waals surface area contributed by atoms with Gasteiger partial charge in [0.2, 0.25) is 5.78 Å². The van der Waals surface area contributed by atoms with Crippen LogP contribution in [0.4, 0.5) is 0 Å². The van der Waals surface area contributed by atoms with E-state index in [0.717, 1.165) is 24.8 Å². The van der Waals surface area contributed by atoms with Crippen LogP contribution in [0, 0.1) is 5.92 Å². The number of rotatable bonds is 8. The van der Waals surface area contributed by atoms with Gasteiger partial charge in [0.05, 0.1) is 0 Å². The van der Waals surface area contributed by atoms with Crippen LogP contribution in [0.15, 0.2) is 48.6 Å². The normalized spacial score (nSPS) is 16.9. The number of aromatic nitrogens is 1. The summed E-state index contributed by atoms with van der Waals surface area (Å²) in [6.07, 6.45) is 9.16. The van der Waals surface area contributed by atoms with Crippen LogP contribution in [0.25, 0.3) is 16.5 Å². The van der Waals surface area contributed by atoms with E-state index in [-0.39, 0.29) is 11.7 Å². The number of aromatic amines is 1. The van der Waals surface area contributed by atoms with E-state index in [1.807, 2.05) is 6.08 Å². The minimum Gasteiger partial charge on any atom is -0.354 e. The van der Waals surface area contributed by atoms with Gasteiger partial charge in [-0.2, -0.15) is 0 Å². The first-order chi connectivity index (χ1) is 16.2. The van der Waals surface area contributed by atoms with Crippen molar-refractivity contribution in [3.05, 3.63) is 65.4 Å². The monoisotopic (exact) mass is 460 g/mol. The molecule has 182 valence electrons. The minimum atomic E-state index is -0.373. The SMILES string of the molecule is C=C/C=C(\C=C(\C)C(C)CC)c1[nH]c2ccc(C3CCN(C(=O)C(C)=O)CC3)cc2c1C(C)C. The van der Waals surface area contributed by atoms with E-state index in [2.05, 4.69) is 76.5 Å². The zero-order valence-corrected chi connectivity index (χ0v) is 21.7. The lowest BCUT2D eigenvalue weighted by atomic mass is 9.87. The number of ketones is 1. The Morgan fingerprint density at radius 3 is 2.41 bits per heavy atom. The molecule has 0 spiro atoms. The van der Waals surface area contributed by atoms with E-state index in [0.29, 0.717) is 30.8 Å². The largest absolute Gasteiger partial charge is 0.354 e. The topological polar surface area (TPSA) is 53.2 Å². The van der Waals surface area contributed by atoms with Gasteiger partial charge in [0.1, 0.15) is 0 Å². The molecule has 1 aromatic heterocycles. The van der Waals surface area contributed by atoms with E-state index < -0.39 is 0 Å². The molecule has 1 saturated heterocycles. The number of Topliss-reactive ketones (excluding diaryl/α,β-unsaturated/α-hetero) is 1. The molecule has 1 unspecified atom stereocenters. The van der Waals surface area contributed by atoms with Crippen molar-refractivity contribution >= 4 is 28.2 Å². The van der Waals surface area contributed by atoms with Gasteiger partial charge in [0, 0.05) is 36.6 Å². The second-order valence-electron chi connectivity index (χ2n) is 10.1. The molecule has 1 amide bonds. The van der Waals surface area contributed by atoms with Gasteiger partial charge in [0.25, 0.3) is 5.91 Å². The van der Waals surface area contributed by atoms with Gasteiger partial charge in [-0.15, -0.1) is 0 Å². The highest BCUT2D eigenvalue weighted by atomic mass is 16.2. The van der Waals surface area contributed by atoms with E-state index in [4.69, 9.17) is 0 Å². The molecule has 3 rings (SSSR count). The highest BCUT2D eigenvalue weighted by Gasteiger charge is 2.26. The van der Waals surface area contributed by atoms with Crippen LogP contribution in [0.1, 0.15) is 89.5 Å². The van der Waals surface area contributed by atoms with Crippen LogP contribution in [0.5, 0.6) is 0 Å². The van der Waals surface area contributed by atoms with Gasteiger partial charge in [-0.05, 0) is 72.8 Å². The van der Waals surface area contributed by atoms with Crippen molar-refractivity contribution in [3.8, 4) is 0 Å². The molecule has 0 aliphatic carbocycles. The van der Waals surface area contributed by atoms with Crippen molar-refractivity contribution in [2.75, 3.05) is 13.1 Å². The summed E-state index contributed by atoms with van der Waals surface area (Å²) < 4.78 is 0. The van der Waals surface area contributed by atoms with Crippen molar-refractivity contribution < 1.29 is 9.59 Å². The molecule has 4 nitrogen and oxygen atoms in total. The summed E-state index contributed by atoms with van der Waals surface area (Å²) in [5.41, 5.74) is 7.52. The Balaban J connectivity index is 1.99. The Labute approximate surface area is 204 Å². The van der Waals surface area contributed by atoms with E-state index >= 15 is 0 Å². The quantitative estimate of drug-likeness (QED) is 0.336. The van der Waals surface area contributed by atoms with Crippen LogP contribution in [-0.2, 0) is 9.59 Å². The number of likely N-dealkylation sites (tertiary alicyclic amines) is 1. The van der Waals surface area contributed by atoms with Crippen LogP contribution in [0.2, 0.25) is 0 Å². The number of piperidine rings is 1. The van der Waals surface area contributed by atoms with Gasteiger partial charge >= 0.3 is 0 Å². The molecular weight excluding hydrogens is 420 g/mol. The number of benzene rings is 1. The smallest absolute Gasteiger partial charge is 0.289 e. The van der Waals surface area contributed by atoms with Crippen LogP contribution in [0.3, 0.4) is 0 Å². The Morgan fingerprint density at radius 1 is 1.18 bits per heavy atom. The number of hydrogen-bond acceptors (Lipinski definition) is 2. The number of H-pyrrole nitrogens is 1. The molecule has 34 heavy (non-hydrogen) atoms. The van der Waals surface area contributed by atoms with E-state index in [9.17, 15) is 9.59 Å². The lowest BCUT2D eigenvalue weighted by Crippen LogP contribution is -2.40. The number of allylic oxidation sites excluding steroid dienone is 5. The number of carbonyl (C=O) groups excluding carboxylic acids is 2. The molecular formula is C30H40N2O2. The molecule has 1 aliphatic rings. The zero-order chi connectivity index (χ0) is 25.0. The summed E-state index contributed by atoms with van der Waals surface area (Å²) in [5.74, 6) is 0.567. The van der Waals surface area contributed by atoms with Crippen molar-refractivity contribution in [3.63, 3.8) is 0 Å². The van der Waals surface area contributed by atoms with Gasteiger partial charge in [0.15, 0.2) is 0 Å². The summed E-state index contributed by atoms with van der Waals surface area (Å²) in [5, 5.41) is 1.27. The fraction of sp³-hybridized carbons (Fsp3) is 0.467. The molecule has 2 heterocycles. The second-order valence-corrected chi connectivity index (χ2v) is 10.1. The number of carbonyl (C=O) groups is 2. The number of nitrogens with zero attached hydrogens (tertiary/aromatic N) is 1. The molecule has 0 bridgehead atoms. The first kappa shape index (κ1) is 25.7. The predicted octanol–water partition coefficient (Wildman–Crippen LogP) is 7.15. The third-order valence-electron chi connectivity index (χ3n) is 7.35. The van der Waals surface area contributed by atoms with Crippen LogP contribution in [-0.4, -0.2) is 34.7 Å². The first-order valence-corrected chi connectivity index (χ1v) is 12.6. The number of hydrogen-bond donors (Lipinski definition) is 1. The van der Waals surface area contributed by atoms with Gasteiger partial charge in [-0.25, -0.2) is 0 Å². The van der Waals surface area contributed by atoms with Crippen molar-refractivity contribution in [1.29, 1.82) is 0 Å². The average Bonchev–Trinajstić information content (AvgIpc) is 3.21. The molecule has 1 N–H and O–H groups in total. The van der Waals surface area contributed by atoms with Crippen LogP contribution < -0.4 is 0 Å². The third kappa shape index (κ3) is 5.43. The maximum atomic E-state index is 12.0. The second kappa shape index (κ2) is 11.0. The Kier molecular flexibility index (Phi) is 8.35. The maximum Gasteiger partial charge on any atom is 0.289 e. The Morgan fingerprint density at radius 2 is 1.85 bits per heavy atom. The third-order valence-corrected chi connectivity index (χ3v) is 7.35. The molecule has 1 fully saturated rings. The lowest BCUT2D eigenvalue weighted by Gasteiger charge is -2.31. The van der Waals surface area contributed by atoms with Gasteiger partial charge < -0.3 is 9.88 Å². The molecule has 1 atom stereocenters. The van der Waals surface area contributed by atoms with Crippen molar-refractivity contribution in [2.24, 2.45) is 5.92 Å². The minimum absolute atomic E-state index is 0.353. The van der Waals surface area contributed by atoms with Crippen molar-refractivity contribution in [2.45, 2.75) is 72.6 Å². The standard InChI is InChI=1S/C30H40N2O2/c1-8-10-25(17-21(6)20(5)9-2)29-28(19(3)4)26-18-24(11-12-27(26)31-29)23-13-15-32(16-14-23)30(34)22(7)33/h8,10-12,17-20,23,31H,1,9,13-16H2,2-7H3/b21-17-,25-10+. The molecule has 0 saturated carbocycles. The molecule has 2 aromatic rings. The molecule has 1 aromatic carbocycles. The zero-order valence-electron chi connectivity index (χ0n) is 21.7. The van der Waals surface area contributed by atoms with Crippen LogP contribution >= 0.6 is 0 Å². The summed E-state index contributed by atoms with van der Waals surface area (Å²) in [4.78, 5) is 28.9. The first-order valence-electron chi connectivity index (χ1n) is 12.6. The van der Waals surface area contributed by atoms with Gasteiger partial charge in [-0.1, -0.05) is 64.1 Å². The predicted molar refractivity (Wildman–Crippen MR) is 143 cm³/mol. The highest BCUT2D eigenvalue weighted by Crippen LogP contribution is 2.37. The van der Waals surface area contributed by atoms with E-state index in [1.165, 1.54) is 40.3 Å². The summed E-state index contributed by atoms with van der Waals surface area (Å²) in [6.45, 7) is 17.8. The Hall–Kier alpha value is -2.88. The lowest BCUT2D eigenvalue weighted by molar-refractivity contribution is -0.144. The summed E-state index contributed by atoms with van der Waals surface area (Å²) >= 11 is 0. The fourth-order valence-corrected chi connectivity index (χ4v) is 4.99. The number of fused-ring (bicyclic) bond motifs is 1. The summed E-state index contributed by atoms with van der Waals surface area (Å²) in [7, 11) is 0. The van der Waals surface area contributed by atoms with E-state index in [1.54, 1.807) is 4.90 Å². The fourth-order valence-electron chi connectivity index (χ4n) is 4.99. The highest BCUT2D eigenvalue weighted by molar-refractivity contribution is 6.35. The summed E-state index contributed by atoms with van der Waals surface area (Å²) in [6, 6.07) is 6.76.